The minimum absolute atomic E-state index is 0.558. The lowest BCUT2D eigenvalue weighted by atomic mass is 10.0. The Labute approximate surface area is 129 Å². The number of anilines is 1. The zero-order valence-electron chi connectivity index (χ0n) is 12.6. The maximum Gasteiger partial charge on any atom is 0.151 e. The number of likely N-dealkylation sites (N-methyl/N-ethyl adjacent to an activating group) is 1. The van der Waals surface area contributed by atoms with Gasteiger partial charge in [0.1, 0.15) is 0 Å². The van der Waals surface area contributed by atoms with Gasteiger partial charge in [0.05, 0.1) is 5.01 Å². The second kappa shape index (κ2) is 6.49. The predicted molar refractivity (Wildman–Crippen MR) is 85.6 cm³/mol. The van der Waals surface area contributed by atoms with Crippen LogP contribution in [0.15, 0.2) is 24.5 Å². The molecule has 3 rings (SSSR count). The Hall–Kier alpha value is -1.53. The summed E-state index contributed by atoms with van der Waals surface area (Å²) >= 11 is 1.79. The van der Waals surface area contributed by atoms with Gasteiger partial charge in [0.15, 0.2) is 5.82 Å². The average Bonchev–Trinajstić information content (AvgIpc) is 2.93. The normalized spacial score (nSPS) is 19.2. The fraction of sp³-hybridized carbons (Fsp3) is 0.533. The van der Waals surface area contributed by atoms with Gasteiger partial charge >= 0.3 is 0 Å². The molecule has 1 aliphatic heterocycles. The molecule has 0 unspecified atom stereocenters. The van der Waals surface area contributed by atoms with E-state index in [4.69, 9.17) is 0 Å². The van der Waals surface area contributed by atoms with Crippen molar-refractivity contribution >= 4 is 17.2 Å². The molecule has 2 aromatic heterocycles. The number of aryl methyl sites for hydroxylation is 1. The summed E-state index contributed by atoms with van der Waals surface area (Å²) in [7, 11) is 2.21. The number of rotatable bonds is 4. The van der Waals surface area contributed by atoms with Gasteiger partial charge in [-0.25, -0.2) is 4.98 Å². The van der Waals surface area contributed by atoms with Gasteiger partial charge in [-0.15, -0.1) is 16.4 Å². The van der Waals surface area contributed by atoms with E-state index in [1.54, 1.807) is 17.5 Å². The standard InChI is InChI=1S/C15H21N5S/c1-12-16-9-14(21-12)11-19(2)13-5-4-8-20(10-13)15-6-3-7-17-18-15/h3,6-7,9,13H,4-5,8,10-11H2,1-2H3/t13-/m0/s1. The van der Waals surface area contributed by atoms with E-state index in [1.165, 1.54) is 17.7 Å². The zero-order valence-corrected chi connectivity index (χ0v) is 13.4. The number of piperidine rings is 1. The molecule has 2 aromatic rings. The Kier molecular flexibility index (Phi) is 4.45. The smallest absolute Gasteiger partial charge is 0.151 e. The summed E-state index contributed by atoms with van der Waals surface area (Å²) in [5.41, 5.74) is 0. The fourth-order valence-corrected chi connectivity index (χ4v) is 3.70. The summed E-state index contributed by atoms with van der Waals surface area (Å²) in [5, 5.41) is 9.36. The van der Waals surface area contributed by atoms with E-state index >= 15 is 0 Å². The maximum atomic E-state index is 4.34. The number of thiazole rings is 1. The first-order valence-electron chi connectivity index (χ1n) is 7.36. The molecule has 1 fully saturated rings. The number of nitrogens with zero attached hydrogens (tertiary/aromatic N) is 5. The third-order valence-corrected chi connectivity index (χ3v) is 4.87. The van der Waals surface area contributed by atoms with E-state index in [-0.39, 0.29) is 0 Å². The molecule has 1 saturated heterocycles. The Morgan fingerprint density at radius 3 is 3.10 bits per heavy atom. The zero-order chi connectivity index (χ0) is 14.7. The van der Waals surface area contributed by atoms with E-state index in [1.807, 2.05) is 18.3 Å². The highest BCUT2D eigenvalue weighted by Gasteiger charge is 2.24. The molecule has 0 aliphatic carbocycles. The summed E-state index contributed by atoms with van der Waals surface area (Å²) in [6.45, 7) is 5.13. The second-order valence-corrected chi connectivity index (χ2v) is 6.90. The Balaban J connectivity index is 1.62. The lowest BCUT2D eigenvalue weighted by Gasteiger charge is -2.37. The molecule has 6 heteroatoms. The first-order valence-corrected chi connectivity index (χ1v) is 8.18. The van der Waals surface area contributed by atoms with Crippen molar-refractivity contribution in [1.82, 2.24) is 20.1 Å². The van der Waals surface area contributed by atoms with Crippen LogP contribution >= 0.6 is 11.3 Å². The molecular weight excluding hydrogens is 282 g/mol. The van der Waals surface area contributed by atoms with Crippen LogP contribution in [0.4, 0.5) is 5.82 Å². The highest BCUT2D eigenvalue weighted by Crippen LogP contribution is 2.22. The average molecular weight is 303 g/mol. The van der Waals surface area contributed by atoms with Crippen molar-refractivity contribution in [2.75, 3.05) is 25.0 Å². The Morgan fingerprint density at radius 1 is 1.48 bits per heavy atom. The van der Waals surface area contributed by atoms with Gasteiger partial charge in [-0.05, 0) is 38.9 Å². The van der Waals surface area contributed by atoms with E-state index < -0.39 is 0 Å². The van der Waals surface area contributed by atoms with Crippen LogP contribution in [0.25, 0.3) is 0 Å². The molecule has 0 bridgehead atoms. The highest BCUT2D eigenvalue weighted by atomic mass is 32.1. The monoisotopic (exact) mass is 303 g/mol. The van der Waals surface area contributed by atoms with Gasteiger partial charge in [0, 0.05) is 42.9 Å². The molecule has 0 amide bonds. The number of hydrogen-bond donors (Lipinski definition) is 0. The molecule has 1 aliphatic rings. The lowest BCUT2D eigenvalue weighted by molar-refractivity contribution is 0.209. The van der Waals surface area contributed by atoms with Gasteiger partial charge in [0.2, 0.25) is 0 Å². The molecule has 112 valence electrons. The maximum absolute atomic E-state index is 4.34. The van der Waals surface area contributed by atoms with Crippen LogP contribution in [0.5, 0.6) is 0 Å². The van der Waals surface area contributed by atoms with Crippen LogP contribution in [-0.2, 0) is 6.54 Å². The minimum atomic E-state index is 0.558. The largest absolute Gasteiger partial charge is 0.354 e. The van der Waals surface area contributed by atoms with Crippen LogP contribution < -0.4 is 4.90 Å². The second-order valence-electron chi connectivity index (χ2n) is 5.58. The first kappa shape index (κ1) is 14.4. The number of hydrogen-bond acceptors (Lipinski definition) is 6. The summed E-state index contributed by atoms with van der Waals surface area (Å²) in [5.74, 6) is 0.990. The van der Waals surface area contributed by atoms with E-state index in [0.717, 1.165) is 30.5 Å². The van der Waals surface area contributed by atoms with Gasteiger partial charge in [-0.1, -0.05) is 0 Å². The topological polar surface area (TPSA) is 45.2 Å². The molecule has 0 spiro atoms. The van der Waals surface area contributed by atoms with Crippen molar-refractivity contribution in [3.05, 3.63) is 34.4 Å². The third kappa shape index (κ3) is 3.57. The van der Waals surface area contributed by atoms with E-state index in [9.17, 15) is 0 Å². The first-order chi connectivity index (χ1) is 10.2. The van der Waals surface area contributed by atoms with Crippen LogP contribution in [0, 0.1) is 6.92 Å². The summed E-state index contributed by atoms with van der Waals surface area (Å²) in [6.07, 6.45) is 6.17. The minimum Gasteiger partial charge on any atom is -0.354 e. The molecule has 0 N–H and O–H groups in total. The third-order valence-electron chi connectivity index (χ3n) is 3.98. The van der Waals surface area contributed by atoms with Gasteiger partial charge < -0.3 is 4.90 Å². The Bertz CT molecular complexity index is 570. The quantitative estimate of drug-likeness (QED) is 0.867. The van der Waals surface area contributed by atoms with Gasteiger partial charge in [-0.3, -0.25) is 4.90 Å². The van der Waals surface area contributed by atoms with Crippen molar-refractivity contribution < 1.29 is 0 Å². The number of aromatic nitrogens is 3. The van der Waals surface area contributed by atoms with Crippen LogP contribution in [0.2, 0.25) is 0 Å². The van der Waals surface area contributed by atoms with Crippen molar-refractivity contribution in [2.45, 2.75) is 32.4 Å². The molecule has 5 nitrogen and oxygen atoms in total. The summed E-state index contributed by atoms with van der Waals surface area (Å²) < 4.78 is 0. The highest BCUT2D eigenvalue weighted by molar-refractivity contribution is 7.11. The van der Waals surface area contributed by atoms with Crippen LogP contribution in [0.1, 0.15) is 22.7 Å². The Morgan fingerprint density at radius 2 is 2.38 bits per heavy atom. The van der Waals surface area contributed by atoms with E-state index in [2.05, 4.69) is 39.0 Å². The molecular formula is C15H21N5S. The van der Waals surface area contributed by atoms with Crippen LogP contribution in [0.3, 0.4) is 0 Å². The molecule has 21 heavy (non-hydrogen) atoms. The summed E-state index contributed by atoms with van der Waals surface area (Å²) in [6, 6.07) is 4.56. The molecule has 0 saturated carbocycles. The molecule has 3 heterocycles. The van der Waals surface area contributed by atoms with Gasteiger partial charge in [0.25, 0.3) is 0 Å². The molecule has 0 aromatic carbocycles. The lowest BCUT2D eigenvalue weighted by Crippen LogP contribution is -2.46. The molecule has 0 radical (unpaired) electrons. The van der Waals surface area contributed by atoms with Crippen molar-refractivity contribution in [2.24, 2.45) is 0 Å². The fourth-order valence-electron chi connectivity index (χ4n) is 2.84. The van der Waals surface area contributed by atoms with E-state index in [0.29, 0.717) is 6.04 Å². The summed E-state index contributed by atoms with van der Waals surface area (Å²) in [4.78, 5) is 10.5. The SMILES string of the molecule is Cc1ncc(CN(C)[C@H]2CCCN(c3cccnn3)C2)s1. The van der Waals surface area contributed by atoms with Crippen molar-refractivity contribution in [3.8, 4) is 0 Å². The predicted octanol–water partition coefficient (Wildman–Crippen LogP) is 2.34. The van der Waals surface area contributed by atoms with Crippen molar-refractivity contribution in [1.29, 1.82) is 0 Å². The van der Waals surface area contributed by atoms with Crippen LogP contribution in [-0.4, -0.2) is 46.3 Å². The van der Waals surface area contributed by atoms with Crippen molar-refractivity contribution in [3.63, 3.8) is 0 Å². The molecule has 1 atom stereocenters. The van der Waals surface area contributed by atoms with Gasteiger partial charge in [-0.2, -0.15) is 5.10 Å².